The van der Waals surface area contributed by atoms with Gasteiger partial charge in [-0.1, -0.05) is 330 Å². The molecule has 0 saturated heterocycles. The van der Waals surface area contributed by atoms with Crippen molar-refractivity contribution in [2.45, 2.75) is 354 Å². The van der Waals surface area contributed by atoms with E-state index >= 15 is 0 Å². The zero-order valence-corrected chi connectivity index (χ0v) is 54.2. The molecule has 1 unspecified atom stereocenters. The molecule has 0 aromatic rings. The van der Waals surface area contributed by atoms with E-state index in [4.69, 9.17) is 14.2 Å². The molecule has 0 aliphatic carbocycles. The van der Waals surface area contributed by atoms with E-state index in [1.54, 1.807) is 0 Å². The lowest BCUT2D eigenvalue weighted by Crippen LogP contribution is -2.30. The average molecular weight is 1140 g/mol. The van der Waals surface area contributed by atoms with Crippen LogP contribution in [0, 0.1) is 0 Å². The van der Waals surface area contributed by atoms with Gasteiger partial charge in [0.25, 0.3) is 0 Å². The SMILES string of the molecule is CC/C=C\C/C=C\C/C=C\C/C=C\CCCCC(=O)OCC(COC(=O)CCCCCCCCCCCCCCCCCCCCCCCCCCCCCCCCCCCC)OC(=O)CCCC/C=C\C/C=C\C/C=C\C/C=C\CC. The molecule has 1 atom stereocenters. The first kappa shape index (κ1) is 78.3. The summed E-state index contributed by atoms with van der Waals surface area (Å²) in [5.41, 5.74) is 0. The maximum atomic E-state index is 12.9. The number of unbranched alkanes of at least 4 members (excludes halogenated alkanes) is 37. The predicted molar refractivity (Wildman–Crippen MR) is 357 cm³/mol. The Hall–Kier alpha value is -3.67. The van der Waals surface area contributed by atoms with Gasteiger partial charge in [-0.2, -0.15) is 0 Å². The minimum atomic E-state index is -0.817. The standard InChI is InChI=1S/C76H132O6/c1-4-7-10-13-16-19-22-25-28-29-30-31-32-33-34-35-36-37-38-39-40-41-42-43-44-45-46-49-51-54-57-60-63-66-69-75(78)81-72-73(82-76(79)70-67-64-61-58-55-52-48-27-24-21-18-15-12-9-6-3)71-80-74(77)68-65-62-59-56-53-50-47-26-23-20-17-14-11-8-5-2/h8-9,11-12,17-18,20-21,26-27,47-48,53,55-56,58,73H,4-7,10,13-16,19,22-25,28-46,49-52,54,57,59-72H2,1-3H3/b11-8-,12-9-,20-17-,21-18-,47-26-,48-27-,56-53-,58-55-. The van der Waals surface area contributed by atoms with E-state index in [1.165, 1.54) is 199 Å². The van der Waals surface area contributed by atoms with E-state index < -0.39 is 6.10 Å². The molecule has 0 spiro atoms. The highest BCUT2D eigenvalue weighted by molar-refractivity contribution is 5.71. The summed E-state index contributed by atoms with van der Waals surface area (Å²) in [6, 6.07) is 0. The molecule has 0 bridgehead atoms. The molecular weight excluding hydrogens is 1010 g/mol. The van der Waals surface area contributed by atoms with Crippen molar-refractivity contribution in [1.82, 2.24) is 0 Å². The lowest BCUT2D eigenvalue weighted by atomic mass is 10.0. The molecule has 0 aliphatic rings. The third kappa shape index (κ3) is 67.1. The second-order valence-electron chi connectivity index (χ2n) is 23.4. The number of esters is 3. The first-order valence-corrected chi connectivity index (χ1v) is 35.2. The first-order chi connectivity index (χ1) is 40.5. The molecule has 6 nitrogen and oxygen atoms in total. The molecule has 472 valence electrons. The van der Waals surface area contributed by atoms with Gasteiger partial charge < -0.3 is 14.2 Å². The van der Waals surface area contributed by atoms with Gasteiger partial charge in [0.2, 0.25) is 0 Å². The molecule has 0 saturated carbocycles. The van der Waals surface area contributed by atoms with Crippen molar-refractivity contribution in [3.63, 3.8) is 0 Å². The fourth-order valence-corrected chi connectivity index (χ4v) is 10.1. The molecule has 0 N–H and O–H groups in total. The summed E-state index contributed by atoms with van der Waals surface area (Å²) in [6.07, 6.45) is 94.8. The van der Waals surface area contributed by atoms with Crippen LogP contribution in [-0.2, 0) is 28.6 Å². The van der Waals surface area contributed by atoms with Crippen LogP contribution in [0.2, 0.25) is 0 Å². The number of ether oxygens (including phenoxy) is 3. The monoisotopic (exact) mass is 1140 g/mol. The summed E-state index contributed by atoms with van der Waals surface area (Å²) in [7, 11) is 0. The molecule has 0 rings (SSSR count). The molecule has 0 aromatic heterocycles. The lowest BCUT2D eigenvalue weighted by molar-refractivity contribution is -0.167. The number of allylic oxidation sites excluding steroid dienone is 16. The van der Waals surface area contributed by atoms with Crippen molar-refractivity contribution < 1.29 is 28.6 Å². The van der Waals surface area contributed by atoms with Crippen molar-refractivity contribution in [3.05, 3.63) is 97.2 Å². The summed E-state index contributed by atoms with van der Waals surface area (Å²) in [5, 5.41) is 0. The highest BCUT2D eigenvalue weighted by Crippen LogP contribution is 2.18. The number of rotatable bonds is 64. The Morgan fingerprint density at radius 3 is 0.744 bits per heavy atom. The number of hydrogen-bond donors (Lipinski definition) is 0. The Labute approximate surface area is 508 Å². The van der Waals surface area contributed by atoms with Crippen LogP contribution in [0.5, 0.6) is 0 Å². The van der Waals surface area contributed by atoms with Crippen LogP contribution in [-0.4, -0.2) is 37.2 Å². The molecule has 0 fully saturated rings. The molecule has 6 heteroatoms. The highest BCUT2D eigenvalue weighted by Gasteiger charge is 2.19. The molecule has 0 aromatic carbocycles. The van der Waals surface area contributed by atoms with Gasteiger partial charge in [0.05, 0.1) is 0 Å². The molecule has 0 radical (unpaired) electrons. The Morgan fingerprint density at radius 2 is 0.476 bits per heavy atom. The number of carbonyl (C=O) groups is 3. The van der Waals surface area contributed by atoms with E-state index in [2.05, 4.69) is 118 Å². The summed E-state index contributed by atoms with van der Waals surface area (Å²) >= 11 is 0. The van der Waals surface area contributed by atoms with E-state index in [-0.39, 0.29) is 37.5 Å². The topological polar surface area (TPSA) is 78.9 Å². The van der Waals surface area contributed by atoms with Gasteiger partial charge in [-0.05, 0) is 96.3 Å². The van der Waals surface area contributed by atoms with E-state index in [1.807, 2.05) is 0 Å². The van der Waals surface area contributed by atoms with Crippen LogP contribution in [0.15, 0.2) is 97.2 Å². The van der Waals surface area contributed by atoms with Crippen LogP contribution in [0.3, 0.4) is 0 Å². The van der Waals surface area contributed by atoms with E-state index in [9.17, 15) is 14.4 Å². The zero-order chi connectivity index (χ0) is 59.2. The molecule has 0 aliphatic heterocycles. The number of hydrogen-bond acceptors (Lipinski definition) is 6. The summed E-state index contributed by atoms with van der Waals surface area (Å²) in [6.45, 7) is 6.38. The van der Waals surface area contributed by atoms with Crippen LogP contribution < -0.4 is 0 Å². The van der Waals surface area contributed by atoms with Gasteiger partial charge in [0, 0.05) is 19.3 Å². The van der Waals surface area contributed by atoms with Crippen molar-refractivity contribution in [1.29, 1.82) is 0 Å². The van der Waals surface area contributed by atoms with Crippen LogP contribution in [0.1, 0.15) is 348 Å². The van der Waals surface area contributed by atoms with Gasteiger partial charge in [0.15, 0.2) is 6.10 Å². The largest absolute Gasteiger partial charge is 0.462 e. The Balaban J connectivity index is 4.16. The van der Waals surface area contributed by atoms with Gasteiger partial charge in [-0.3, -0.25) is 14.4 Å². The Kier molecular flexibility index (Phi) is 66.7. The molecule has 0 amide bonds. The van der Waals surface area contributed by atoms with Crippen molar-refractivity contribution in [2.75, 3.05) is 13.2 Å². The molecular formula is C76H132O6. The van der Waals surface area contributed by atoms with Crippen molar-refractivity contribution in [2.24, 2.45) is 0 Å². The van der Waals surface area contributed by atoms with Crippen molar-refractivity contribution in [3.8, 4) is 0 Å². The van der Waals surface area contributed by atoms with Gasteiger partial charge in [0.1, 0.15) is 13.2 Å². The highest BCUT2D eigenvalue weighted by atomic mass is 16.6. The second kappa shape index (κ2) is 69.8. The van der Waals surface area contributed by atoms with Crippen LogP contribution in [0.25, 0.3) is 0 Å². The molecule has 82 heavy (non-hydrogen) atoms. The normalized spacial score (nSPS) is 12.7. The van der Waals surface area contributed by atoms with Crippen LogP contribution in [0.4, 0.5) is 0 Å². The summed E-state index contributed by atoms with van der Waals surface area (Å²) in [5.74, 6) is -0.981. The second-order valence-corrected chi connectivity index (χ2v) is 23.4. The number of carbonyl (C=O) groups excluding carboxylic acids is 3. The summed E-state index contributed by atoms with van der Waals surface area (Å²) in [4.78, 5) is 38.3. The average Bonchev–Trinajstić information content (AvgIpc) is 3.47. The Morgan fingerprint density at radius 1 is 0.256 bits per heavy atom. The van der Waals surface area contributed by atoms with Gasteiger partial charge in [-0.15, -0.1) is 0 Å². The molecule has 0 heterocycles. The van der Waals surface area contributed by atoms with E-state index in [0.29, 0.717) is 19.3 Å². The maximum absolute atomic E-state index is 12.9. The quantitative estimate of drug-likeness (QED) is 0.0261. The maximum Gasteiger partial charge on any atom is 0.306 e. The minimum absolute atomic E-state index is 0.106. The fraction of sp³-hybridized carbons (Fsp3) is 0.750. The summed E-state index contributed by atoms with van der Waals surface area (Å²) < 4.78 is 16.9. The van der Waals surface area contributed by atoms with Gasteiger partial charge in [-0.25, -0.2) is 0 Å². The minimum Gasteiger partial charge on any atom is -0.462 e. The van der Waals surface area contributed by atoms with Gasteiger partial charge >= 0.3 is 17.9 Å². The first-order valence-electron chi connectivity index (χ1n) is 35.2. The van der Waals surface area contributed by atoms with Crippen LogP contribution >= 0.6 is 0 Å². The third-order valence-corrected chi connectivity index (χ3v) is 15.3. The smallest absolute Gasteiger partial charge is 0.306 e. The fourth-order valence-electron chi connectivity index (χ4n) is 10.1. The Bertz CT molecular complexity index is 1590. The lowest BCUT2D eigenvalue weighted by Gasteiger charge is -2.18. The van der Waals surface area contributed by atoms with Crippen molar-refractivity contribution >= 4 is 17.9 Å². The predicted octanol–water partition coefficient (Wildman–Crippen LogP) is 24.4. The van der Waals surface area contributed by atoms with E-state index in [0.717, 1.165) is 103 Å². The zero-order valence-electron chi connectivity index (χ0n) is 54.2. The third-order valence-electron chi connectivity index (χ3n) is 15.3.